The van der Waals surface area contributed by atoms with Gasteiger partial charge in [-0.3, -0.25) is 0 Å². The van der Waals surface area contributed by atoms with E-state index >= 15 is 0 Å². The molecule has 1 saturated carbocycles. The van der Waals surface area contributed by atoms with Crippen molar-refractivity contribution in [3.05, 3.63) is 18.3 Å². The summed E-state index contributed by atoms with van der Waals surface area (Å²) >= 11 is 0. The highest BCUT2D eigenvalue weighted by Crippen LogP contribution is 2.26. The zero-order chi connectivity index (χ0) is 7.68. The van der Waals surface area contributed by atoms with Crippen molar-refractivity contribution in [2.24, 2.45) is 0 Å². The Morgan fingerprint density at radius 3 is 2.82 bits per heavy atom. The highest BCUT2D eigenvalue weighted by Gasteiger charge is 2.23. The van der Waals surface area contributed by atoms with Crippen molar-refractivity contribution < 1.29 is 4.74 Å². The molecule has 0 aromatic carbocycles. The van der Waals surface area contributed by atoms with Gasteiger partial charge in [0.25, 0.3) is 0 Å². The highest BCUT2D eigenvalue weighted by molar-refractivity contribution is 5.32. The zero-order valence-corrected chi connectivity index (χ0v) is 6.16. The molecule has 0 aliphatic heterocycles. The lowest BCUT2D eigenvalue weighted by atomic mass is 10.4. The number of nitrogens with zero attached hydrogens (tertiary/aromatic N) is 1. The first-order valence-electron chi connectivity index (χ1n) is 3.73. The quantitative estimate of drug-likeness (QED) is 0.689. The minimum absolute atomic E-state index is 0.431. The maximum Gasteiger partial charge on any atom is 0.138 e. The van der Waals surface area contributed by atoms with Gasteiger partial charge in [-0.1, -0.05) is 0 Å². The van der Waals surface area contributed by atoms with Crippen LogP contribution in [-0.2, 0) is 0 Å². The summed E-state index contributed by atoms with van der Waals surface area (Å²) in [6.07, 6.45) is 4.43. The van der Waals surface area contributed by atoms with E-state index in [1.54, 1.807) is 12.3 Å². The third kappa shape index (κ3) is 1.61. The predicted octanol–water partition coefficient (Wildman–Crippen LogP) is 1.21. The molecule has 1 heterocycles. The van der Waals surface area contributed by atoms with E-state index in [0.717, 1.165) is 5.75 Å². The molecule has 0 spiro atoms. The van der Waals surface area contributed by atoms with Crippen LogP contribution in [0, 0.1) is 0 Å². The molecule has 11 heavy (non-hydrogen) atoms. The largest absolute Gasteiger partial charge is 0.489 e. The second-order valence-electron chi connectivity index (χ2n) is 2.74. The van der Waals surface area contributed by atoms with E-state index in [-0.39, 0.29) is 0 Å². The fourth-order valence-corrected chi connectivity index (χ4v) is 0.840. The van der Waals surface area contributed by atoms with Crippen LogP contribution in [0.5, 0.6) is 5.75 Å². The third-order valence-electron chi connectivity index (χ3n) is 1.59. The monoisotopic (exact) mass is 150 g/mol. The van der Waals surface area contributed by atoms with E-state index in [1.807, 2.05) is 6.07 Å². The molecule has 1 fully saturated rings. The van der Waals surface area contributed by atoms with Crippen molar-refractivity contribution in [1.82, 2.24) is 4.98 Å². The van der Waals surface area contributed by atoms with E-state index in [2.05, 4.69) is 4.98 Å². The third-order valence-corrected chi connectivity index (χ3v) is 1.59. The first-order valence-corrected chi connectivity index (χ1v) is 3.73. The first-order chi connectivity index (χ1) is 5.34. The van der Waals surface area contributed by atoms with Crippen LogP contribution >= 0.6 is 0 Å². The molecule has 3 nitrogen and oxygen atoms in total. The second-order valence-corrected chi connectivity index (χ2v) is 2.74. The molecule has 2 rings (SSSR count). The topological polar surface area (TPSA) is 48.1 Å². The molecule has 0 unspecified atom stereocenters. The molecular formula is C8H10N2O. The molecule has 0 amide bonds. The van der Waals surface area contributed by atoms with Crippen LogP contribution in [0.1, 0.15) is 12.8 Å². The standard InChI is InChI=1S/C8H10N2O/c9-8-4-3-7(5-10-8)11-6-1-2-6/h3-6H,1-2H2,(H2,9,10). The first kappa shape index (κ1) is 6.46. The molecule has 58 valence electrons. The lowest BCUT2D eigenvalue weighted by molar-refractivity contribution is 0.302. The van der Waals surface area contributed by atoms with Gasteiger partial charge in [-0.05, 0) is 25.0 Å². The van der Waals surface area contributed by atoms with Gasteiger partial charge in [-0.25, -0.2) is 4.98 Å². The minimum Gasteiger partial charge on any atom is -0.489 e. The van der Waals surface area contributed by atoms with Gasteiger partial charge in [0.2, 0.25) is 0 Å². The molecule has 1 aromatic rings. The number of pyridine rings is 1. The average Bonchev–Trinajstić information content (AvgIpc) is 2.78. The molecule has 1 aromatic heterocycles. The van der Waals surface area contributed by atoms with Gasteiger partial charge in [0, 0.05) is 0 Å². The van der Waals surface area contributed by atoms with Crippen molar-refractivity contribution in [2.75, 3.05) is 5.73 Å². The molecule has 1 aliphatic carbocycles. The minimum atomic E-state index is 0.431. The summed E-state index contributed by atoms with van der Waals surface area (Å²) in [4.78, 5) is 3.91. The van der Waals surface area contributed by atoms with Crippen molar-refractivity contribution in [2.45, 2.75) is 18.9 Å². The van der Waals surface area contributed by atoms with Crippen LogP contribution in [0.25, 0.3) is 0 Å². The van der Waals surface area contributed by atoms with Crippen molar-refractivity contribution in [3.63, 3.8) is 0 Å². The van der Waals surface area contributed by atoms with Crippen molar-refractivity contribution >= 4 is 5.82 Å². The van der Waals surface area contributed by atoms with Crippen LogP contribution in [0.3, 0.4) is 0 Å². The molecule has 1 aliphatic rings. The van der Waals surface area contributed by atoms with E-state index < -0.39 is 0 Å². The number of anilines is 1. The number of rotatable bonds is 2. The van der Waals surface area contributed by atoms with Crippen LogP contribution in [0.15, 0.2) is 18.3 Å². The maximum atomic E-state index is 5.46. The number of hydrogen-bond donors (Lipinski definition) is 1. The van der Waals surface area contributed by atoms with Crippen LogP contribution in [-0.4, -0.2) is 11.1 Å². The van der Waals surface area contributed by atoms with Gasteiger partial charge < -0.3 is 10.5 Å². The smallest absolute Gasteiger partial charge is 0.138 e. The average molecular weight is 150 g/mol. The number of ether oxygens (including phenoxy) is 1. The summed E-state index contributed by atoms with van der Waals surface area (Å²) in [6.45, 7) is 0. The van der Waals surface area contributed by atoms with Gasteiger partial charge in [0.15, 0.2) is 0 Å². The summed E-state index contributed by atoms with van der Waals surface area (Å²) in [5.74, 6) is 1.36. The lowest BCUT2D eigenvalue weighted by Crippen LogP contribution is -1.97. The van der Waals surface area contributed by atoms with E-state index in [4.69, 9.17) is 10.5 Å². The number of nitrogens with two attached hydrogens (primary N) is 1. The summed E-state index contributed by atoms with van der Waals surface area (Å²) in [6, 6.07) is 3.60. The molecule has 0 atom stereocenters. The Kier molecular flexibility index (Phi) is 1.42. The summed E-state index contributed by atoms with van der Waals surface area (Å²) in [5, 5.41) is 0. The van der Waals surface area contributed by atoms with Crippen molar-refractivity contribution in [3.8, 4) is 5.75 Å². The van der Waals surface area contributed by atoms with E-state index in [9.17, 15) is 0 Å². The summed E-state index contributed by atoms with van der Waals surface area (Å²) in [5.41, 5.74) is 5.41. The van der Waals surface area contributed by atoms with Gasteiger partial charge in [0.05, 0.1) is 12.3 Å². The fraction of sp³-hybridized carbons (Fsp3) is 0.375. The van der Waals surface area contributed by atoms with Gasteiger partial charge in [-0.2, -0.15) is 0 Å². The number of hydrogen-bond acceptors (Lipinski definition) is 3. The molecule has 3 heteroatoms. The molecule has 2 N–H and O–H groups in total. The number of nitrogen functional groups attached to an aromatic ring is 1. The maximum absolute atomic E-state index is 5.46. The Morgan fingerprint density at radius 1 is 1.45 bits per heavy atom. The molecule has 0 saturated heterocycles. The molecule has 0 radical (unpaired) electrons. The van der Waals surface area contributed by atoms with E-state index in [1.165, 1.54) is 12.8 Å². The van der Waals surface area contributed by atoms with Crippen LogP contribution in [0.2, 0.25) is 0 Å². The Hall–Kier alpha value is -1.25. The van der Waals surface area contributed by atoms with Gasteiger partial charge >= 0.3 is 0 Å². The zero-order valence-electron chi connectivity index (χ0n) is 6.16. The Morgan fingerprint density at radius 2 is 2.27 bits per heavy atom. The molecular weight excluding hydrogens is 140 g/mol. The van der Waals surface area contributed by atoms with Crippen LogP contribution in [0.4, 0.5) is 5.82 Å². The Balaban J connectivity index is 2.06. The van der Waals surface area contributed by atoms with E-state index in [0.29, 0.717) is 11.9 Å². The fourth-order valence-electron chi connectivity index (χ4n) is 0.840. The van der Waals surface area contributed by atoms with Gasteiger partial charge in [0.1, 0.15) is 11.6 Å². The predicted molar refractivity (Wildman–Crippen MR) is 42.3 cm³/mol. The Bertz CT molecular complexity index is 241. The van der Waals surface area contributed by atoms with Crippen LogP contribution < -0.4 is 10.5 Å². The lowest BCUT2D eigenvalue weighted by Gasteiger charge is -2.02. The molecule has 0 bridgehead atoms. The SMILES string of the molecule is Nc1ccc(OC2CC2)cn1. The van der Waals surface area contributed by atoms with Crippen molar-refractivity contribution in [1.29, 1.82) is 0 Å². The highest BCUT2D eigenvalue weighted by atomic mass is 16.5. The van der Waals surface area contributed by atoms with Gasteiger partial charge in [-0.15, -0.1) is 0 Å². The normalized spacial score (nSPS) is 16.4. The second kappa shape index (κ2) is 2.42. The number of aromatic nitrogens is 1. The Labute approximate surface area is 65.2 Å². The summed E-state index contributed by atoms with van der Waals surface area (Å²) in [7, 11) is 0. The summed E-state index contributed by atoms with van der Waals surface area (Å²) < 4.78 is 5.46.